The van der Waals surface area contributed by atoms with Crippen LogP contribution in [-0.4, -0.2) is 46.1 Å². The van der Waals surface area contributed by atoms with Gasteiger partial charge in [-0.3, -0.25) is 9.59 Å². The molecule has 3 heterocycles. The second-order valence-electron chi connectivity index (χ2n) is 8.86. The van der Waals surface area contributed by atoms with Crippen molar-refractivity contribution in [3.63, 3.8) is 0 Å². The Morgan fingerprint density at radius 1 is 1.11 bits per heavy atom. The first kappa shape index (κ1) is 19.3. The number of aromatic nitrogens is 2. The Morgan fingerprint density at radius 2 is 1.83 bits per heavy atom. The summed E-state index contributed by atoms with van der Waals surface area (Å²) >= 11 is 0. The fourth-order valence-electron chi connectivity index (χ4n) is 5.05. The molecule has 0 radical (unpaired) electrons. The SMILES string of the molecule is [2H]C([2H])=C([2H])C(=O)N1CCC([C@@H]2CCNc3c(C(N)=O)c(-c4ccc(Oc5ccccc5)cc4)nn32)CC1. The van der Waals surface area contributed by atoms with Gasteiger partial charge in [-0.25, -0.2) is 4.68 Å². The number of piperidine rings is 1. The van der Waals surface area contributed by atoms with Crippen LogP contribution < -0.4 is 15.8 Å². The summed E-state index contributed by atoms with van der Waals surface area (Å²) in [4.78, 5) is 26.5. The number of anilines is 1. The molecule has 180 valence electrons. The number of hydrogen-bond donors (Lipinski definition) is 2. The van der Waals surface area contributed by atoms with Gasteiger partial charge < -0.3 is 20.7 Å². The average molecular weight is 475 g/mol. The molecule has 0 unspecified atom stereocenters. The van der Waals surface area contributed by atoms with Crippen molar-refractivity contribution in [2.75, 3.05) is 25.0 Å². The minimum atomic E-state index is -0.775. The summed E-state index contributed by atoms with van der Waals surface area (Å²) in [6, 6.07) is 16.3. The quantitative estimate of drug-likeness (QED) is 0.521. The standard InChI is InChI=1S/C27H29N5O3/c1-2-23(33)31-16-13-18(14-17-31)22-12-15-29-27-24(26(28)34)25(30-32(22)27)19-8-10-21(11-9-19)35-20-6-4-3-5-7-20/h2-11,18,22,29H,1,12-17H2,(H2,28,34)/t22-/m0/s1/i1D2,2D. The lowest BCUT2D eigenvalue weighted by Gasteiger charge is -2.38. The van der Waals surface area contributed by atoms with E-state index >= 15 is 0 Å². The van der Waals surface area contributed by atoms with E-state index in [9.17, 15) is 9.59 Å². The summed E-state index contributed by atoms with van der Waals surface area (Å²) < 4.78 is 29.9. The highest BCUT2D eigenvalue weighted by atomic mass is 16.5. The first-order valence-corrected chi connectivity index (χ1v) is 11.8. The van der Waals surface area contributed by atoms with Crippen LogP contribution in [0.5, 0.6) is 11.5 Å². The van der Waals surface area contributed by atoms with Gasteiger partial charge in [-0.1, -0.05) is 24.7 Å². The molecule has 0 saturated carbocycles. The summed E-state index contributed by atoms with van der Waals surface area (Å²) in [5, 5.41) is 8.17. The van der Waals surface area contributed by atoms with Crippen molar-refractivity contribution < 1.29 is 18.4 Å². The van der Waals surface area contributed by atoms with E-state index in [-0.39, 0.29) is 12.0 Å². The molecule has 5 rings (SSSR count). The van der Waals surface area contributed by atoms with Crippen molar-refractivity contribution in [1.82, 2.24) is 14.7 Å². The summed E-state index contributed by atoms with van der Waals surface area (Å²) in [6.45, 7) is 0.776. The molecule has 2 amide bonds. The second kappa shape index (κ2) is 9.66. The fraction of sp³-hybridized carbons (Fsp3) is 0.296. The van der Waals surface area contributed by atoms with Crippen LogP contribution in [0.3, 0.4) is 0 Å². The molecular formula is C27H29N5O3. The molecule has 2 aliphatic heterocycles. The molecule has 0 spiro atoms. The first-order chi connectivity index (χ1) is 18.3. The smallest absolute Gasteiger partial charge is 0.254 e. The van der Waals surface area contributed by atoms with Gasteiger partial charge in [0.2, 0.25) is 5.91 Å². The minimum Gasteiger partial charge on any atom is -0.457 e. The van der Waals surface area contributed by atoms with Gasteiger partial charge in [0.25, 0.3) is 5.91 Å². The number of para-hydroxylation sites is 1. The second-order valence-corrected chi connectivity index (χ2v) is 8.86. The van der Waals surface area contributed by atoms with E-state index < -0.39 is 24.4 Å². The summed E-state index contributed by atoms with van der Waals surface area (Å²) in [7, 11) is 0. The number of fused-ring (bicyclic) bond motifs is 1. The van der Waals surface area contributed by atoms with Crippen LogP contribution in [-0.2, 0) is 4.79 Å². The zero-order chi connectivity index (χ0) is 26.8. The molecule has 1 fully saturated rings. The van der Waals surface area contributed by atoms with Gasteiger partial charge in [-0.2, -0.15) is 5.10 Å². The van der Waals surface area contributed by atoms with E-state index in [2.05, 4.69) is 5.32 Å². The average Bonchev–Trinajstić information content (AvgIpc) is 3.33. The van der Waals surface area contributed by atoms with Gasteiger partial charge in [0, 0.05) is 25.2 Å². The molecule has 35 heavy (non-hydrogen) atoms. The lowest BCUT2D eigenvalue weighted by atomic mass is 9.87. The molecule has 1 saturated heterocycles. The van der Waals surface area contributed by atoms with Crippen molar-refractivity contribution in [3.05, 3.63) is 72.7 Å². The molecular weight excluding hydrogens is 442 g/mol. The monoisotopic (exact) mass is 474 g/mol. The van der Waals surface area contributed by atoms with E-state index in [1.54, 1.807) is 0 Å². The molecule has 0 aliphatic carbocycles. The fourth-order valence-corrected chi connectivity index (χ4v) is 5.05. The Morgan fingerprint density at radius 3 is 2.51 bits per heavy atom. The Hall–Kier alpha value is -4.07. The van der Waals surface area contributed by atoms with Gasteiger partial charge in [-0.15, -0.1) is 0 Å². The molecule has 8 heteroatoms. The lowest BCUT2D eigenvalue weighted by molar-refractivity contribution is -0.127. The number of nitrogens with zero attached hydrogens (tertiary/aromatic N) is 3. The highest BCUT2D eigenvalue weighted by Crippen LogP contribution is 2.40. The summed E-state index contributed by atoms with van der Waals surface area (Å²) in [5.41, 5.74) is 7.43. The molecule has 8 nitrogen and oxygen atoms in total. The van der Waals surface area contributed by atoms with E-state index in [1.807, 2.05) is 59.3 Å². The minimum absolute atomic E-state index is 0.0185. The predicted octanol–water partition coefficient (Wildman–Crippen LogP) is 4.22. The van der Waals surface area contributed by atoms with Gasteiger partial charge in [0.05, 0.1) is 10.2 Å². The molecule has 2 aromatic carbocycles. The maximum Gasteiger partial charge on any atom is 0.254 e. The van der Waals surface area contributed by atoms with Crippen LogP contribution in [0, 0.1) is 5.92 Å². The van der Waals surface area contributed by atoms with Crippen LogP contribution in [0.25, 0.3) is 11.3 Å². The number of ether oxygens (including phenoxy) is 1. The molecule has 2 aliphatic rings. The van der Waals surface area contributed by atoms with Crippen LogP contribution in [0.2, 0.25) is 0 Å². The number of amides is 2. The van der Waals surface area contributed by atoms with Crippen molar-refractivity contribution in [1.29, 1.82) is 0 Å². The summed E-state index contributed by atoms with van der Waals surface area (Å²) in [6.07, 6.45) is 2.20. The van der Waals surface area contributed by atoms with E-state index in [0.717, 1.165) is 17.7 Å². The molecule has 3 aromatic rings. The van der Waals surface area contributed by atoms with E-state index in [0.29, 0.717) is 55.3 Å². The lowest BCUT2D eigenvalue weighted by Crippen LogP contribution is -2.41. The number of hydrogen-bond acceptors (Lipinski definition) is 5. The van der Waals surface area contributed by atoms with Crippen LogP contribution in [0.15, 0.2) is 67.2 Å². The van der Waals surface area contributed by atoms with Gasteiger partial charge in [0.1, 0.15) is 28.6 Å². The molecule has 1 aromatic heterocycles. The van der Waals surface area contributed by atoms with Crippen LogP contribution >= 0.6 is 0 Å². The Kier molecular flexibility index (Phi) is 5.31. The number of benzene rings is 2. The Bertz CT molecular complexity index is 1360. The van der Waals surface area contributed by atoms with Crippen molar-refractivity contribution in [3.8, 4) is 22.8 Å². The van der Waals surface area contributed by atoms with Crippen LogP contribution in [0.1, 0.15) is 39.8 Å². The predicted molar refractivity (Wildman–Crippen MR) is 134 cm³/mol. The third-order valence-corrected chi connectivity index (χ3v) is 6.79. The third-order valence-electron chi connectivity index (χ3n) is 6.79. The Labute approximate surface area is 208 Å². The van der Waals surface area contributed by atoms with Gasteiger partial charge >= 0.3 is 0 Å². The number of rotatable bonds is 6. The topological polar surface area (TPSA) is 102 Å². The highest BCUT2D eigenvalue weighted by Gasteiger charge is 2.35. The molecule has 0 bridgehead atoms. The largest absolute Gasteiger partial charge is 0.457 e. The van der Waals surface area contributed by atoms with E-state index in [1.165, 1.54) is 4.90 Å². The van der Waals surface area contributed by atoms with Gasteiger partial charge in [-0.05, 0) is 67.6 Å². The number of carbonyl (C=O) groups is 2. The zero-order valence-electron chi connectivity index (χ0n) is 22.2. The summed E-state index contributed by atoms with van der Waals surface area (Å²) in [5.74, 6) is 1.07. The molecule has 3 N–H and O–H groups in total. The Balaban J connectivity index is 1.38. The van der Waals surface area contributed by atoms with Crippen molar-refractivity contribution in [2.24, 2.45) is 11.7 Å². The first-order valence-electron chi connectivity index (χ1n) is 13.3. The maximum absolute atomic E-state index is 12.6. The number of nitrogens with two attached hydrogens (primary N) is 1. The number of carbonyl (C=O) groups excluding carboxylic acids is 2. The third kappa shape index (κ3) is 4.51. The number of primary amides is 1. The van der Waals surface area contributed by atoms with Crippen molar-refractivity contribution >= 4 is 17.6 Å². The molecule has 1 atom stereocenters. The maximum atomic E-state index is 12.6. The highest BCUT2D eigenvalue weighted by molar-refractivity contribution is 6.03. The number of nitrogens with one attached hydrogen (secondary N) is 1. The van der Waals surface area contributed by atoms with E-state index in [4.69, 9.17) is 19.7 Å². The van der Waals surface area contributed by atoms with Crippen molar-refractivity contribution in [2.45, 2.75) is 25.3 Å². The van der Waals surface area contributed by atoms with Gasteiger partial charge in [0.15, 0.2) is 0 Å². The number of likely N-dealkylation sites (tertiary alicyclic amines) is 1. The van der Waals surface area contributed by atoms with Crippen LogP contribution in [0.4, 0.5) is 5.82 Å². The zero-order valence-corrected chi connectivity index (χ0v) is 19.2. The normalized spacial score (nSPS) is 18.9.